The number of hydrogen-bond donors (Lipinski definition) is 1. The molecule has 4 nitrogen and oxygen atoms in total. The Morgan fingerprint density at radius 2 is 2.00 bits per heavy atom. The van der Waals surface area contributed by atoms with E-state index in [4.69, 9.17) is 27.6 Å². The Morgan fingerprint density at radius 3 is 2.71 bits per heavy atom. The number of piperidine rings is 1. The van der Waals surface area contributed by atoms with Gasteiger partial charge in [-0.3, -0.25) is 4.79 Å². The van der Waals surface area contributed by atoms with Crippen LogP contribution in [0.5, 0.6) is 0 Å². The summed E-state index contributed by atoms with van der Waals surface area (Å²) < 4.78 is 5.69. The average molecular weight is 367 g/mol. The molecule has 1 amide bonds. The highest BCUT2D eigenvalue weighted by molar-refractivity contribution is 6.35. The second kappa shape index (κ2) is 7.60. The molecule has 1 aromatic heterocycles. The smallest absolute Gasteiger partial charge is 0.287 e. The fourth-order valence-corrected chi connectivity index (χ4v) is 3.32. The molecule has 0 atom stereocenters. The molecule has 1 saturated heterocycles. The van der Waals surface area contributed by atoms with Gasteiger partial charge in [0.15, 0.2) is 5.76 Å². The lowest BCUT2D eigenvalue weighted by Gasteiger charge is -2.31. The molecule has 1 aromatic carbocycles. The monoisotopic (exact) mass is 366 g/mol. The van der Waals surface area contributed by atoms with Gasteiger partial charge in [0.05, 0.1) is 5.02 Å². The Bertz CT molecular complexity index is 722. The summed E-state index contributed by atoms with van der Waals surface area (Å²) in [5, 5.41) is 4.16. The molecule has 0 bridgehead atoms. The molecule has 24 heavy (non-hydrogen) atoms. The molecule has 128 valence electrons. The number of hydrogen-bond acceptors (Lipinski definition) is 3. The molecule has 2 aromatic rings. The SMILES string of the molecule is CCN1CCC(NC(=O)c2ccc(-c3cc(Cl)ccc3Cl)o2)CC1. The fourth-order valence-electron chi connectivity index (χ4n) is 2.94. The minimum absolute atomic E-state index is 0.186. The number of likely N-dealkylation sites (tertiary alicyclic amines) is 1. The third-order valence-electron chi connectivity index (χ3n) is 4.39. The van der Waals surface area contributed by atoms with E-state index in [-0.39, 0.29) is 11.9 Å². The molecular formula is C18H20Cl2N2O2. The van der Waals surface area contributed by atoms with Crippen LogP contribution in [0.4, 0.5) is 0 Å². The van der Waals surface area contributed by atoms with Gasteiger partial charge < -0.3 is 14.6 Å². The minimum Gasteiger partial charge on any atom is -0.451 e. The number of rotatable bonds is 4. The van der Waals surface area contributed by atoms with E-state index in [0.717, 1.165) is 32.5 Å². The van der Waals surface area contributed by atoms with Crippen molar-refractivity contribution in [2.24, 2.45) is 0 Å². The summed E-state index contributed by atoms with van der Waals surface area (Å²) in [4.78, 5) is 14.8. The van der Waals surface area contributed by atoms with Crippen LogP contribution in [0.15, 0.2) is 34.7 Å². The maximum absolute atomic E-state index is 12.4. The van der Waals surface area contributed by atoms with Crippen LogP contribution >= 0.6 is 23.2 Å². The van der Waals surface area contributed by atoms with Crippen molar-refractivity contribution in [1.29, 1.82) is 0 Å². The van der Waals surface area contributed by atoms with Crippen LogP contribution in [0.3, 0.4) is 0 Å². The van der Waals surface area contributed by atoms with Crippen molar-refractivity contribution in [2.75, 3.05) is 19.6 Å². The lowest BCUT2D eigenvalue weighted by atomic mass is 10.1. The first-order valence-corrected chi connectivity index (χ1v) is 8.91. The van der Waals surface area contributed by atoms with Gasteiger partial charge in [-0.1, -0.05) is 30.1 Å². The van der Waals surface area contributed by atoms with Crippen LogP contribution in [0.2, 0.25) is 10.0 Å². The summed E-state index contributed by atoms with van der Waals surface area (Å²) in [5.74, 6) is 0.641. The topological polar surface area (TPSA) is 45.5 Å². The standard InChI is InChI=1S/C18H20Cl2N2O2/c1-2-22-9-7-13(8-10-22)21-18(23)17-6-5-16(24-17)14-11-12(19)3-4-15(14)20/h3-6,11,13H,2,7-10H2,1H3,(H,21,23). The van der Waals surface area contributed by atoms with Crippen LogP contribution in [0, 0.1) is 0 Å². The zero-order valence-electron chi connectivity index (χ0n) is 13.5. The van der Waals surface area contributed by atoms with Gasteiger partial charge in [0, 0.05) is 29.7 Å². The van der Waals surface area contributed by atoms with Gasteiger partial charge in [0.2, 0.25) is 0 Å². The summed E-state index contributed by atoms with van der Waals surface area (Å²) >= 11 is 12.2. The molecule has 1 N–H and O–H groups in total. The number of benzene rings is 1. The number of carbonyl (C=O) groups excluding carboxylic acids is 1. The van der Waals surface area contributed by atoms with Gasteiger partial charge in [-0.05, 0) is 49.7 Å². The quantitative estimate of drug-likeness (QED) is 0.868. The molecular weight excluding hydrogens is 347 g/mol. The highest BCUT2D eigenvalue weighted by Crippen LogP contribution is 2.31. The molecule has 1 aliphatic heterocycles. The molecule has 1 aliphatic rings. The van der Waals surface area contributed by atoms with Crippen molar-refractivity contribution >= 4 is 29.1 Å². The lowest BCUT2D eigenvalue weighted by Crippen LogP contribution is -2.44. The zero-order chi connectivity index (χ0) is 17.1. The van der Waals surface area contributed by atoms with Crippen molar-refractivity contribution in [3.63, 3.8) is 0 Å². The Labute approximate surface area is 151 Å². The molecule has 6 heteroatoms. The molecule has 0 unspecified atom stereocenters. The Balaban J connectivity index is 1.67. The number of nitrogens with zero attached hydrogens (tertiary/aromatic N) is 1. The highest BCUT2D eigenvalue weighted by Gasteiger charge is 2.22. The highest BCUT2D eigenvalue weighted by atomic mass is 35.5. The van der Waals surface area contributed by atoms with Crippen LogP contribution in [0.1, 0.15) is 30.3 Å². The number of carbonyl (C=O) groups is 1. The first kappa shape index (κ1) is 17.3. The van der Waals surface area contributed by atoms with Crippen LogP contribution in [-0.2, 0) is 0 Å². The van der Waals surface area contributed by atoms with Crippen LogP contribution < -0.4 is 5.32 Å². The Kier molecular flexibility index (Phi) is 5.49. The second-order valence-corrected chi connectivity index (χ2v) is 6.81. The van der Waals surface area contributed by atoms with E-state index in [0.29, 0.717) is 27.1 Å². The van der Waals surface area contributed by atoms with Gasteiger partial charge >= 0.3 is 0 Å². The molecule has 1 fully saturated rings. The predicted molar refractivity (Wildman–Crippen MR) is 96.8 cm³/mol. The van der Waals surface area contributed by atoms with Crippen molar-refractivity contribution < 1.29 is 9.21 Å². The van der Waals surface area contributed by atoms with E-state index in [2.05, 4.69) is 17.1 Å². The first-order valence-electron chi connectivity index (χ1n) is 8.15. The summed E-state index contributed by atoms with van der Waals surface area (Å²) in [6.07, 6.45) is 1.93. The number of nitrogens with one attached hydrogen (secondary N) is 1. The van der Waals surface area contributed by atoms with E-state index >= 15 is 0 Å². The zero-order valence-corrected chi connectivity index (χ0v) is 15.0. The van der Waals surface area contributed by atoms with Crippen molar-refractivity contribution in [3.05, 3.63) is 46.1 Å². The molecule has 0 spiro atoms. The summed E-state index contributed by atoms with van der Waals surface area (Å²) in [6.45, 7) is 5.25. The minimum atomic E-state index is -0.186. The van der Waals surface area contributed by atoms with Crippen molar-refractivity contribution in [1.82, 2.24) is 10.2 Å². The van der Waals surface area contributed by atoms with Crippen molar-refractivity contribution in [2.45, 2.75) is 25.8 Å². The van der Waals surface area contributed by atoms with Crippen LogP contribution in [0.25, 0.3) is 11.3 Å². The summed E-state index contributed by atoms with van der Waals surface area (Å²) in [7, 11) is 0. The predicted octanol–water partition coefficient (Wildman–Crippen LogP) is 4.47. The largest absolute Gasteiger partial charge is 0.451 e. The van der Waals surface area contributed by atoms with Gasteiger partial charge in [0.25, 0.3) is 5.91 Å². The van der Waals surface area contributed by atoms with Crippen LogP contribution in [-0.4, -0.2) is 36.5 Å². The Morgan fingerprint density at radius 1 is 1.25 bits per heavy atom. The van der Waals surface area contributed by atoms with Gasteiger partial charge in [-0.2, -0.15) is 0 Å². The summed E-state index contributed by atoms with van der Waals surface area (Å²) in [6, 6.07) is 8.76. The van der Waals surface area contributed by atoms with Gasteiger partial charge in [-0.25, -0.2) is 0 Å². The van der Waals surface area contributed by atoms with E-state index in [1.54, 1.807) is 30.3 Å². The third kappa shape index (κ3) is 3.94. The fraction of sp³-hybridized carbons (Fsp3) is 0.389. The number of halogens is 2. The summed E-state index contributed by atoms with van der Waals surface area (Å²) in [5.41, 5.74) is 0.680. The molecule has 0 aliphatic carbocycles. The third-order valence-corrected chi connectivity index (χ3v) is 4.96. The molecule has 0 radical (unpaired) electrons. The first-order chi connectivity index (χ1) is 11.6. The Hall–Kier alpha value is -1.49. The maximum Gasteiger partial charge on any atom is 0.287 e. The van der Waals surface area contributed by atoms with E-state index in [9.17, 15) is 4.79 Å². The van der Waals surface area contributed by atoms with E-state index in [1.165, 1.54) is 0 Å². The molecule has 2 heterocycles. The molecule has 3 rings (SSSR count). The maximum atomic E-state index is 12.4. The van der Waals surface area contributed by atoms with Gasteiger partial charge in [-0.15, -0.1) is 0 Å². The average Bonchev–Trinajstić information content (AvgIpc) is 3.08. The number of amides is 1. The number of furan rings is 1. The van der Waals surface area contributed by atoms with E-state index in [1.807, 2.05) is 0 Å². The van der Waals surface area contributed by atoms with Gasteiger partial charge in [0.1, 0.15) is 5.76 Å². The second-order valence-electron chi connectivity index (χ2n) is 5.97. The lowest BCUT2D eigenvalue weighted by molar-refractivity contribution is 0.0885. The van der Waals surface area contributed by atoms with Crippen molar-refractivity contribution in [3.8, 4) is 11.3 Å². The van der Waals surface area contributed by atoms with E-state index < -0.39 is 0 Å². The molecule has 0 saturated carbocycles. The normalized spacial score (nSPS) is 16.3.